The molecule has 0 aromatic carbocycles. The summed E-state index contributed by atoms with van der Waals surface area (Å²) in [4.78, 5) is 0. The van der Waals surface area contributed by atoms with E-state index in [-0.39, 0.29) is 4.75 Å². The zero-order valence-corrected chi connectivity index (χ0v) is 10.8. The van der Waals surface area contributed by atoms with Gasteiger partial charge >= 0.3 is 0 Å². The topological polar surface area (TPSA) is 75.4 Å². The maximum absolute atomic E-state index is 11.5. The quantitative estimate of drug-likeness (QED) is 0.715. The Balaban J connectivity index is 2.63. The molecule has 1 fully saturated rings. The highest BCUT2D eigenvalue weighted by atomic mass is 32.2. The summed E-state index contributed by atoms with van der Waals surface area (Å²) in [6.45, 7) is 1.73. The Kier molecular flexibility index (Phi) is 4.42. The van der Waals surface area contributed by atoms with Gasteiger partial charge in [0.15, 0.2) is 0 Å². The first-order valence-electron chi connectivity index (χ1n) is 4.93. The molecule has 0 radical (unpaired) electrons. The molecule has 0 atom stereocenters. The molecular weight excluding hydrogens is 234 g/mol. The van der Waals surface area contributed by atoms with E-state index < -0.39 is 10.2 Å². The van der Waals surface area contributed by atoms with Crippen molar-refractivity contribution in [1.82, 2.24) is 9.03 Å². The highest BCUT2D eigenvalue weighted by Crippen LogP contribution is 2.33. The second-order valence-electron chi connectivity index (χ2n) is 3.70. The number of piperidine rings is 1. The third-order valence-corrected chi connectivity index (χ3v) is 6.04. The lowest BCUT2D eigenvalue weighted by molar-refractivity contribution is 0.299. The molecule has 1 heterocycles. The summed E-state index contributed by atoms with van der Waals surface area (Å²) in [7, 11) is -1.82. The molecule has 0 spiro atoms. The van der Waals surface area contributed by atoms with E-state index in [2.05, 4.69) is 4.72 Å². The molecule has 1 saturated heterocycles. The second kappa shape index (κ2) is 5.01. The number of rotatable bonds is 4. The van der Waals surface area contributed by atoms with Gasteiger partial charge in [0.25, 0.3) is 10.2 Å². The van der Waals surface area contributed by atoms with Crippen molar-refractivity contribution in [2.45, 2.75) is 17.6 Å². The van der Waals surface area contributed by atoms with E-state index in [1.54, 1.807) is 11.8 Å². The van der Waals surface area contributed by atoms with Gasteiger partial charge in [0.2, 0.25) is 0 Å². The first-order chi connectivity index (χ1) is 6.99. The molecule has 15 heavy (non-hydrogen) atoms. The smallest absolute Gasteiger partial charge is 0.279 e. The lowest BCUT2D eigenvalue weighted by Gasteiger charge is -2.39. The molecule has 0 aromatic rings. The van der Waals surface area contributed by atoms with Gasteiger partial charge in [-0.2, -0.15) is 24.5 Å². The normalized spacial score (nSPS) is 22.9. The molecule has 1 aliphatic heterocycles. The van der Waals surface area contributed by atoms with Gasteiger partial charge in [-0.3, -0.25) is 0 Å². The largest absolute Gasteiger partial charge is 0.329 e. The molecule has 0 bridgehead atoms. The molecule has 0 aromatic heterocycles. The summed E-state index contributed by atoms with van der Waals surface area (Å²) < 4.78 is 26.9. The number of nitrogens with two attached hydrogens (primary N) is 1. The van der Waals surface area contributed by atoms with Gasteiger partial charge in [-0.15, -0.1) is 0 Å². The van der Waals surface area contributed by atoms with Crippen LogP contribution in [0, 0.1) is 0 Å². The van der Waals surface area contributed by atoms with Crippen LogP contribution in [-0.2, 0) is 10.2 Å². The monoisotopic (exact) mass is 253 g/mol. The zero-order valence-electron chi connectivity index (χ0n) is 9.19. The lowest BCUT2D eigenvalue weighted by atomic mass is 9.97. The van der Waals surface area contributed by atoms with Crippen LogP contribution >= 0.6 is 11.8 Å². The molecule has 7 heteroatoms. The second-order valence-corrected chi connectivity index (χ2v) is 6.85. The summed E-state index contributed by atoms with van der Waals surface area (Å²) in [5.41, 5.74) is 5.73. The summed E-state index contributed by atoms with van der Waals surface area (Å²) in [6, 6.07) is 0. The third-order valence-electron chi connectivity index (χ3n) is 3.04. The predicted octanol–water partition coefficient (Wildman–Crippen LogP) is -0.393. The van der Waals surface area contributed by atoms with Crippen LogP contribution in [-0.4, -0.2) is 50.4 Å². The fraction of sp³-hybridized carbons (Fsp3) is 1.00. The Hall–Kier alpha value is 0.180. The van der Waals surface area contributed by atoms with E-state index in [1.807, 2.05) is 6.26 Å². The van der Waals surface area contributed by atoms with Gasteiger partial charge in [-0.05, 0) is 19.1 Å². The fourth-order valence-electron chi connectivity index (χ4n) is 1.75. The van der Waals surface area contributed by atoms with Crippen molar-refractivity contribution >= 4 is 22.0 Å². The number of nitrogens with zero attached hydrogens (tertiary/aromatic N) is 1. The summed E-state index contributed by atoms with van der Waals surface area (Å²) >= 11 is 1.75. The summed E-state index contributed by atoms with van der Waals surface area (Å²) in [5, 5.41) is 0. The van der Waals surface area contributed by atoms with Gasteiger partial charge in [-0.1, -0.05) is 0 Å². The number of hydrogen-bond acceptors (Lipinski definition) is 4. The average molecular weight is 253 g/mol. The van der Waals surface area contributed by atoms with Gasteiger partial charge < -0.3 is 5.73 Å². The van der Waals surface area contributed by atoms with E-state index in [1.165, 1.54) is 11.4 Å². The Labute approximate surface area is 96.0 Å². The third kappa shape index (κ3) is 2.85. The lowest BCUT2D eigenvalue weighted by Crippen LogP contribution is -2.50. The van der Waals surface area contributed by atoms with Crippen LogP contribution < -0.4 is 10.5 Å². The van der Waals surface area contributed by atoms with Crippen molar-refractivity contribution in [2.24, 2.45) is 5.73 Å². The van der Waals surface area contributed by atoms with Crippen LogP contribution in [0.4, 0.5) is 0 Å². The van der Waals surface area contributed by atoms with Crippen molar-refractivity contribution in [1.29, 1.82) is 0 Å². The maximum Gasteiger partial charge on any atom is 0.279 e. The number of hydrogen-bond donors (Lipinski definition) is 2. The fourth-order valence-corrected chi connectivity index (χ4v) is 3.43. The number of thioether (sulfide) groups is 1. The Morgan fingerprint density at radius 1 is 1.47 bits per heavy atom. The molecule has 3 N–H and O–H groups in total. The molecule has 0 saturated carbocycles. The standard InChI is InChI=1S/C8H19N3O2S2/c1-10-15(12,13)11-5-3-8(7-9,14-2)4-6-11/h10H,3-7,9H2,1-2H3. The van der Waals surface area contributed by atoms with E-state index >= 15 is 0 Å². The van der Waals surface area contributed by atoms with Crippen LogP contribution in [0.2, 0.25) is 0 Å². The van der Waals surface area contributed by atoms with Crippen LogP contribution in [0.25, 0.3) is 0 Å². The van der Waals surface area contributed by atoms with Gasteiger partial charge in [0.05, 0.1) is 0 Å². The summed E-state index contributed by atoms with van der Waals surface area (Å²) in [5.74, 6) is 0. The van der Waals surface area contributed by atoms with Gasteiger partial charge in [0, 0.05) is 31.4 Å². The van der Waals surface area contributed by atoms with Crippen molar-refractivity contribution < 1.29 is 8.42 Å². The number of nitrogens with one attached hydrogen (secondary N) is 1. The highest BCUT2D eigenvalue weighted by Gasteiger charge is 2.36. The zero-order chi connectivity index (χ0) is 11.5. The predicted molar refractivity (Wildman–Crippen MR) is 64.1 cm³/mol. The van der Waals surface area contributed by atoms with Gasteiger partial charge in [-0.25, -0.2) is 4.72 Å². The minimum atomic E-state index is -3.25. The minimum Gasteiger partial charge on any atom is -0.329 e. The Bertz CT molecular complexity index is 291. The molecule has 0 amide bonds. The molecule has 5 nitrogen and oxygen atoms in total. The van der Waals surface area contributed by atoms with Crippen molar-refractivity contribution in [3.63, 3.8) is 0 Å². The maximum atomic E-state index is 11.5. The van der Waals surface area contributed by atoms with Crippen LogP contribution in [0.5, 0.6) is 0 Å². The molecular formula is C8H19N3O2S2. The first kappa shape index (κ1) is 13.2. The van der Waals surface area contributed by atoms with E-state index in [0.717, 1.165) is 12.8 Å². The van der Waals surface area contributed by atoms with Crippen molar-refractivity contribution in [3.8, 4) is 0 Å². The highest BCUT2D eigenvalue weighted by molar-refractivity contribution is 8.00. The first-order valence-corrected chi connectivity index (χ1v) is 7.60. The van der Waals surface area contributed by atoms with Crippen molar-refractivity contribution in [2.75, 3.05) is 32.9 Å². The van der Waals surface area contributed by atoms with Gasteiger partial charge in [0.1, 0.15) is 0 Å². The molecule has 90 valence electrons. The average Bonchev–Trinajstić information content (AvgIpc) is 2.29. The van der Waals surface area contributed by atoms with E-state index in [0.29, 0.717) is 19.6 Å². The molecule has 0 aliphatic carbocycles. The van der Waals surface area contributed by atoms with E-state index in [9.17, 15) is 8.42 Å². The van der Waals surface area contributed by atoms with E-state index in [4.69, 9.17) is 5.73 Å². The SMILES string of the molecule is CNS(=O)(=O)N1CCC(CN)(SC)CC1. The van der Waals surface area contributed by atoms with Crippen molar-refractivity contribution in [3.05, 3.63) is 0 Å². The van der Waals surface area contributed by atoms with Crippen LogP contribution in [0.1, 0.15) is 12.8 Å². The molecule has 1 aliphatic rings. The minimum absolute atomic E-state index is 0.0692. The Morgan fingerprint density at radius 3 is 2.33 bits per heavy atom. The molecule has 0 unspecified atom stereocenters. The molecule has 1 rings (SSSR count). The summed E-state index contributed by atoms with van der Waals surface area (Å²) in [6.07, 6.45) is 3.69. The van der Waals surface area contributed by atoms with Crippen LogP contribution in [0.15, 0.2) is 0 Å². The van der Waals surface area contributed by atoms with Crippen LogP contribution in [0.3, 0.4) is 0 Å². The Morgan fingerprint density at radius 2 is 2.00 bits per heavy atom.